The Hall–Kier alpha value is -1.57. The molecule has 2 fully saturated rings. The molecule has 0 aromatic heterocycles. The SMILES string of the molecule is CC(=O)OCC(=O)[C@@]1(O)CC[C@H]2[C@@H]3C=CC4=CC(=O)C=C[C@]4(C)[C@@]3(Br)C(O)C[C@@]21C. The molecule has 4 rings (SSSR count). The summed E-state index contributed by atoms with van der Waals surface area (Å²) in [6, 6.07) is 0. The minimum atomic E-state index is -1.67. The van der Waals surface area contributed by atoms with Gasteiger partial charge in [0, 0.05) is 17.8 Å². The standard InChI is InChI=1S/C23H27BrO6/c1-13(25)30-12-19(28)22(29)9-7-16-17-5-4-14-10-15(26)6-8-20(14,2)23(17,24)18(27)11-21(16,22)3/h4-6,8,10,16-18,27,29H,7,9,11-12H2,1-3H3/t16-,17-,18?,20-,21-,22-,23-/m0/s1. The summed E-state index contributed by atoms with van der Waals surface area (Å²) in [7, 11) is 0. The normalized spacial score (nSPS) is 46.5. The van der Waals surface area contributed by atoms with Gasteiger partial charge in [0.25, 0.3) is 0 Å². The molecule has 7 heteroatoms. The zero-order chi connectivity index (χ0) is 22.1. The predicted molar refractivity (Wildman–Crippen MR) is 113 cm³/mol. The van der Waals surface area contributed by atoms with Crippen LogP contribution in [0.25, 0.3) is 0 Å². The maximum absolute atomic E-state index is 12.9. The van der Waals surface area contributed by atoms with Crippen molar-refractivity contribution in [1.29, 1.82) is 0 Å². The van der Waals surface area contributed by atoms with Crippen LogP contribution in [0.3, 0.4) is 0 Å². The van der Waals surface area contributed by atoms with Crippen LogP contribution in [0, 0.1) is 22.7 Å². The van der Waals surface area contributed by atoms with Crippen molar-refractivity contribution in [2.24, 2.45) is 22.7 Å². The number of aliphatic hydroxyl groups excluding tert-OH is 1. The molecule has 0 aliphatic heterocycles. The lowest BCUT2D eigenvalue weighted by Gasteiger charge is -2.62. The second-order valence-electron chi connectivity index (χ2n) is 9.54. The molecule has 30 heavy (non-hydrogen) atoms. The van der Waals surface area contributed by atoms with Gasteiger partial charge in [-0.15, -0.1) is 0 Å². The molecule has 4 aliphatic carbocycles. The summed E-state index contributed by atoms with van der Waals surface area (Å²) in [4.78, 5) is 36.0. The van der Waals surface area contributed by atoms with Crippen LogP contribution in [0.15, 0.2) is 36.0 Å². The summed E-state index contributed by atoms with van der Waals surface area (Å²) in [5, 5.41) is 22.9. The molecule has 162 valence electrons. The van der Waals surface area contributed by atoms with Crippen molar-refractivity contribution in [2.75, 3.05) is 6.61 Å². The molecule has 7 atom stereocenters. The molecule has 0 amide bonds. The average Bonchev–Trinajstić information content (AvgIpc) is 2.94. The summed E-state index contributed by atoms with van der Waals surface area (Å²) in [5.41, 5.74) is -2.32. The second kappa shape index (κ2) is 6.71. The van der Waals surface area contributed by atoms with Crippen LogP contribution in [-0.2, 0) is 19.1 Å². The number of ether oxygens (including phenoxy) is 1. The quantitative estimate of drug-likeness (QED) is 0.477. The Morgan fingerprint density at radius 3 is 2.67 bits per heavy atom. The van der Waals surface area contributed by atoms with Gasteiger partial charge in [0.1, 0.15) is 5.60 Å². The van der Waals surface area contributed by atoms with E-state index in [2.05, 4.69) is 15.9 Å². The highest BCUT2D eigenvalue weighted by atomic mass is 79.9. The molecule has 0 aromatic rings. The highest BCUT2D eigenvalue weighted by Crippen LogP contribution is 2.69. The Balaban J connectivity index is 1.76. The number of hydrogen-bond donors (Lipinski definition) is 2. The van der Waals surface area contributed by atoms with Crippen molar-refractivity contribution >= 4 is 33.5 Å². The Bertz CT molecular complexity index is 921. The van der Waals surface area contributed by atoms with Gasteiger partial charge >= 0.3 is 5.97 Å². The molecule has 1 unspecified atom stereocenters. The van der Waals surface area contributed by atoms with Gasteiger partial charge in [0.15, 0.2) is 12.4 Å². The number of rotatable bonds is 3. The first-order chi connectivity index (χ1) is 13.9. The fourth-order valence-corrected chi connectivity index (χ4v) is 7.42. The number of fused-ring (bicyclic) bond motifs is 5. The van der Waals surface area contributed by atoms with E-state index >= 15 is 0 Å². The molecule has 0 bridgehead atoms. The first-order valence-electron chi connectivity index (χ1n) is 10.3. The number of allylic oxidation sites excluding steroid dienone is 6. The van der Waals surface area contributed by atoms with Crippen LogP contribution in [0.2, 0.25) is 0 Å². The van der Waals surface area contributed by atoms with Crippen LogP contribution in [0.4, 0.5) is 0 Å². The first-order valence-corrected chi connectivity index (χ1v) is 11.1. The minimum absolute atomic E-state index is 0.0767. The van der Waals surface area contributed by atoms with Crippen molar-refractivity contribution in [2.45, 2.75) is 56.1 Å². The maximum Gasteiger partial charge on any atom is 0.303 e. The summed E-state index contributed by atoms with van der Waals surface area (Å²) in [6.07, 6.45) is 9.11. The largest absolute Gasteiger partial charge is 0.458 e. The fraction of sp³-hybridized carbons (Fsp3) is 0.609. The van der Waals surface area contributed by atoms with Gasteiger partial charge in [-0.25, -0.2) is 0 Å². The number of carbonyl (C=O) groups excluding carboxylic acids is 3. The predicted octanol–water partition coefficient (Wildman–Crippen LogP) is 2.42. The van der Waals surface area contributed by atoms with E-state index in [-0.39, 0.29) is 30.5 Å². The first kappa shape index (κ1) is 21.7. The van der Waals surface area contributed by atoms with E-state index in [1.807, 2.05) is 32.1 Å². The Morgan fingerprint density at radius 1 is 1.30 bits per heavy atom. The Labute approximate surface area is 184 Å². The van der Waals surface area contributed by atoms with Crippen LogP contribution < -0.4 is 0 Å². The Morgan fingerprint density at radius 2 is 2.00 bits per heavy atom. The summed E-state index contributed by atoms with van der Waals surface area (Å²) in [6.45, 7) is 4.61. The molecule has 0 heterocycles. The molecule has 0 aromatic carbocycles. The van der Waals surface area contributed by atoms with Gasteiger partial charge in [-0.05, 0) is 48.8 Å². The zero-order valence-corrected chi connectivity index (χ0v) is 18.9. The van der Waals surface area contributed by atoms with Crippen LogP contribution >= 0.6 is 15.9 Å². The zero-order valence-electron chi connectivity index (χ0n) is 17.4. The van der Waals surface area contributed by atoms with Gasteiger partial charge in [-0.1, -0.05) is 48.0 Å². The van der Waals surface area contributed by atoms with Crippen LogP contribution in [0.5, 0.6) is 0 Å². The third-order valence-corrected chi connectivity index (χ3v) is 10.1. The highest BCUT2D eigenvalue weighted by molar-refractivity contribution is 9.10. The van der Waals surface area contributed by atoms with Crippen LogP contribution in [-0.4, -0.2) is 50.4 Å². The minimum Gasteiger partial charge on any atom is -0.458 e. The smallest absolute Gasteiger partial charge is 0.303 e. The number of halogens is 1. The van der Waals surface area contributed by atoms with Gasteiger partial charge in [0.2, 0.25) is 5.78 Å². The van der Waals surface area contributed by atoms with Gasteiger partial charge in [0.05, 0.1) is 10.4 Å². The number of hydrogen-bond acceptors (Lipinski definition) is 6. The number of alkyl halides is 1. The van der Waals surface area contributed by atoms with E-state index in [0.717, 1.165) is 5.57 Å². The van der Waals surface area contributed by atoms with E-state index in [4.69, 9.17) is 4.74 Å². The molecule has 0 spiro atoms. The number of carbonyl (C=O) groups is 3. The maximum atomic E-state index is 12.9. The summed E-state index contributed by atoms with van der Waals surface area (Å²) in [5.74, 6) is -1.42. The van der Waals surface area contributed by atoms with Crippen molar-refractivity contribution in [3.05, 3.63) is 36.0 Å². The molecule has 0 radical (unpaired) electrons. The summed E-state index contributed by atoms with van der Waals surface area (Å²) >= 11 is 3.90. The van der Waals surface area contributed by atoms with Gasteiger partial charge in [-0.3, -0.25) is 14.4 Å². The second-order valence-corrected chi connectivity index (χ2v) is 10.8. The summed E-state index contributed by atoms with van der Waals surface area (Å²) < 4.78 is 4.10. The molecule has 4 aliphatic rings. The molecule has 0 saturated heterocycles. The highest BCUT2D eigenvalue weighted by Gasteiger charge is 2.72. The molecule has 2 saturated carbocycles. The number of Topliss-reactive ketones (excluding diaryl/α,β-unsaturated/α-hetero) is 1. The van der Waals surface area contributed by atoms with Crippen molar-refractivity contribution in [3.8, 4) is 0 Å². The third kappa shape index (κ3) is 2.58. The molecular weight excluding hydrogens is 452 g/mol. The van der Waals surface area contributed by atoms with E-state index in [0.29, 0.717) is 6.42 Å². The van der Waals surface area contributed by atoms with Gasteiger partial charge in [-0.2, -0.15) is 0 Å². The molecular formula is C23H27BrO6. The topological polar surface area (TPSA) is 101 Å². The van der Waals surface area contributed by atoms with E-state index in [9.17, 15) is 24.6 Å². The van der Waals surface area contributed by atoms with Crippen molar-refractivity contribution in [3.63, 3.8) is 0 Å². The lowest BCUT2D eigenvalue weighted by atomic mass is 9.47. The lowest BCUT2D eigenvalue weighted by molar-refractivity contribution is -0.172. The average molecular weight is 479 g/mol. The van der Waals surface area contributed by atoms with Crippen molar-refractivity contribution < 1.29 is 29.3 Å². The van der Waals surface area contributed by atoms with Crippen molar-refractivity contribution in [1.82, 2.24) is 0 Å². The lowest BCUT2D eigenvalue weighted by Crippen LogP contribution is -2.67. The number of ketones is 2. The van der Waals surface area contributed by atoms with E-state index in [1.54, 1.807) is 6.08 Å². The monoisotopic (exact) mass is 478 g/mol. The Kier molecular flexibility index (Phi) is 4.84. The number of aliphatic hydroxyl groups is 2. The molecule has 6 nitrogen and oxygen atoms in total. The fourth-order valence-electron chi connectivity index (χ4n) is 6.42. The third-order valence-electron chi connectivity index (χ3n) is 8.23. The van der Waals surface area contributed by atoms with E-state index < -0.39 is 45.2 Å². The van der Waals surface area contributed by atoms with Gasteiger partial charge < -0.3 is 14.9 Å². The number of esters is 1. The van der Waals surface area contributed by atoms with Crippen LogP contribution in [0.1, 0.15) is 40.0 Å². The molecule has 2 N–H and O–H groups in total. The van der Waals surface area contributed by atoms with E-state index in [1.165, 1.54) is 13.0 Å².